The summed E-state index contributed by atoms with van der Waals surface area (Å²) in [5.41, 5.74) is 2.41. The van der Waals surface area contributed by atoms with Crippen molar-refractivity contribution in [3.8, 4) is 0 Å². The second-order valence-electron chi connectivity index (χ2n) is 5.89. The number of benzene rings is 1. The first-order valence-electron chi connectivity index (χ1n) is 7.10. The number of hydrogen-bond donors (Lipinski definition) is 1. The number of hydrogen-bond acceptors (Lipinski definition) is 2. The predicted octanol–water partition coefficient (Wildman–Crippen LogP) is 3.74. The van der Waals surface area contributed by atoms with Crippen LogP contribution >= 0.6 is 15.9 Å². The molecule has 3 aliphatic rings. The van der Waals surface area contributed by atoms with Crippen LogP contribution in [-0.4, -0.2) is 12.0 Å². The van der Waals surface area contributed by atoms with Gasteiger partial charge in [-0.05, 0) is 38.3 Å². The number of nitrogens with one attached hydrogen (secondary N) is 1. The highest BCUT2D eigenvalue weighted by Gasteiger charge is 2.58. The van der Waals surface area contributed by atoms with Gasteiger partial charge in [0.25, 0.3) is 5.91 Å². The molecule has 1 amide bonds. The van der Waals surface area contributed by atoms with Crippen molar-refractivity contribution in [1.29, 1.82) is 0 Å². The molecular weight excluding hydrogens is 318 g/mol. The first-order chi connectivity index (χ1) is 9.63. The Labute approximate surface area is 126 Å². The molecule has 3 atom stereocenters. The summed E-state index contributed by atoms with van der Waals surface area (Å²) < 4.78 is 7.24. The fraction of sp³-hybridized carbons (Fsp3) is 0.438. The Hall–Kier alpha value is -1.13. The van der Waals surface area contributed by atoms with Gasteiger partial charge in [0.2, 0.25) is 0 Å². The lowest BCUT2D eigenvalue weighted by atomic mass is 9.74. The van der Waals surface area contributed by atoms with Gasteiger partial charge in [0.1, 0.15) is 0 Å². The molecule has 1 aromatic rings. The lowest BCUT2D eigenvalue weighted by Gasteiger charge is -2.42. The van der Waals surface area contributed by atoms with Crippen LogP contribution < -0.4 is 5.32 Å². The molecule has 4 heteroatoms. The molecule has 1 aliphatic carbocycles. The van der Waals surface area contributed by atoms with E-state index in [1.165, 1.54) is 5.57 Å². The molecule has 0 radical (unpaired) electrons. The average molecular weight is 334 g/mol. The van der Waals surface area contributed by atoms with Gasteiger partial charge in [-0.3, -0.25) is 4.79 Å². The summed E-state index contributed by atoms with van der Waals surface area (Å²) in [5, 5.41) is 3.01. The molecular formula is C16H16BrNO2. The van der Waals surface area contributed by atoms with Crippen LogP contribution in [0.25, 0.3) is 0 Å². The van der Waals surface area contributed by atoms with Gasteiger partial charge in [-0.1, -0.05) is 33.6 Å². The molecule has 1 aromatic carbocycles. The molecule has 0 bridgehead atoms. The number of allylic oxidation sites excluding steroid dienone is 1. The normalized spacial score (nSPS) is 34.7. The number of halogens is 1. The zero-order chi connectivity index (χ0) is 13.9. The fourth-order valence-corrected chi connectivity index (χ4v) is 4.67. The van der Waals surface area contributed by atoms with Gasteiger partial charge in [0, 0.05) is 21.6 Å². The zero-order valence-electron chi connectivity index (χ0n) is 11.3. The Morgan fingerprint density at radius 2 is 2.30 bits per heavy atom. The maximum Gasteiger partial charge on any atom is 0.262 e. The molecule has 0 saturated carbocycles. The van der Waals surface area contributed by atoms with Crippen LogP contribution in [0, 0.1) is 5.92 Å². The molecule has 4 rings (SSSR count). The minimum absolute atomic E-state index is 0.0104. The number of fused-ring (bicyclic) bond motifs is 4. The molecule has 1 N–H and O–H groups in total. The van der Waals surface area contributed by atoms with Gasteiger partial charge in [0.15, 0.2) is 5.60 Å². The van der Waals surface area contributed by atoms with Gasteiger partial charge in [0.05, 0.1) is 6.10 Å². The Bertz CT molecular complexity index is 639. The monoisotopic (exact) mass is 333 g/mol. The first kappa shape index (κ1) is 12.6. The van der Waals surface area contributed by atoms with E-state index in [1.54, 1.807) is 0 Å². The minimum atomic E-state index is -0.838. The van der Waals surface area contributed by atoms with Crippen LogP contribution in [-0.2, 0) is 15.1 Å². The van der Waals surface area contributed by atoms with E-state index in [4.69, 9.17) is 4.74 Å². The summed E-state index contributed by atoms with van der Waals surface area (Å²) in [4.78, 5) is 12.8. The Morgan fingerprint density at radius 3 is 3.15 bits per heavy atom. The Balaban J connectivity index is 1.96. The van der Waals surface area contributed by atoms with Gasteiger partial charge >= 0.3 is 0 Å². The largest absolute Gasteiger partial charge is 0.356 e. The van der Waals surface area contributed by atoms with E-state index >= 15 is 0 Å². The Morgan fingerprint density at radius 1 is 1.45 bits per heavy atom. The molecule has 1 fully saturated rings. The van der Waals surface area contributed by atoms with Crippen molar-refractivity contribution in [1.82, 2.24) is 0 Å². The highest BCUT2D eigenvalue weighted by atomic mass is 79.9. The molecule has 2 aliphatic heterocycles. The molecule has 1 spiro atoms. The minimum Gasteiger partial charge on any atom is -0.356 e. The highest BCUT2D eigenvalue weighted by molar-refractivity contribution is 9.10. The van der Waals surface area contributed by atoms with E-state index in [2.05, 4.69) is 34.2 Å². The summed E-state index contributed by atoms with van der Waals surface area (Å²) in [5.74, 6) is 0.169. The molecule has 0 aromatic heterocycles. The van der Waals surface area contributed by atoms with E-state index in [0.29, 0.717) is 0 Å². The maximum atomic E-state index is 12.8. The lowest BCUT2D eigenvalue weighted by Crippen LogP contribution is -2.49. The lowest BCUT2D eigenvalue weighted by molar-refractivity contribution is -0.166. The molecule has 3 nitrogen and oxygen atoms in total. The van der Waals surface area contributed by atoms with E-state index in [1.807, 2.05) is 18.2 Å². The van der Waals surface area contributed by atoms with E-state index in [9.17, 15) is 4.79 Å². The second-order valence-corrected chi connectivity index (χ2v) is 6.75. The fourth-order valence-electron chi connectivity index (χ4n) is 4.01. The smallest absolute Gasteiger partial charge is 0.262 e. The molecule has 20 heavy (non-hydrogen) atoms. The van der Waals surface area contributed by atoms with E-state index in [0.717, 1.165) is 35.0 Å². The summed E-state index contributed by atoms with van der Waals surface area (Å²) in [6.07, 6.45) is 5.35. The van der Waals surface area contributed by atoms with Crippen molar-refractivity contribution in [2.45, 2.75) is 37.9 Å². The van der Waals surface area contributed by atoms with Crippen LogP contribution in [0.4, 0.5) is 5.69 Å². The summed E-state index contributed by atoms with van der Waals surface area (Å²) in [6.45, 7) is 2.05. The maximum absolute atomic E-state index is 12.8. The summed E-state index contributed by atoms with van der Waals surface area (Å²) in [7, 11) is 0. The SMILES string of the molecule is C[C@@H]1CC2=CCCC2[C@]2(O1)C(=O)Nc1cccc(Br)c12. The van der Waals surface area contributed by atoms with E-state index < -0.39 is 5.60 Å². The molecule has 2 heterocycles. The molecule has 104 valence electrons. The van der Waals surface area contributed by atoms with Gasteiger partial charge in [-0.2, -0.15) is 0 Å². The van der Waals surface area contributed by atoms with Crippen molar-refractivity contribution in [2.24, 2.45) is 5.92 Å². The number of ether oxygens (including phenoxy) is 1. The van der Waals surface area contributed by atoms with Gasteiger partial charge in [-0.25, -0.2) is 0 Å². The van der Waals surface area contributed by atoms with Crippen molar-refractivity contribution >= 4 is 27.5 Å². The zero-order valence-corrected chi connectivity index (χ0v) is 12.9. The number of rotatable bonds is 0. The second kappa shape index (κ2) is 4.18. The molecule has 1 saturated heterocycles. The third-order valence-electron chi connectivity index (χ3n) is 4.68. The van der Waals surface area contributed by atoms with Crippen molar-refractivity contribution in [3.05, 3.63) is 39.9 Å². The van der Waals surface area contributed by atoms with Crippen molar-refractivity contribution in [3.63, 3.8) is 0 Å². The quantitative estimate of drug-likeness (QED) is 0.734. The molecule has 1 unspecified atom stereocenters. The summed E-state index contributed by atoms with van der Waals surface area (Å²) in [6, 6.07) is 5.88. The third-order valence-corrected chi connectivity index (χ3v) is 5.34. The van der Waals surface area contributed by atoms with Crippen molar-refractivity contribution in [2.75, 3.05) is 5.32 Å². The standard InChI is InChI=1S/C16H16BrNO2/c1-9-8-10-4-2-5-11(10)16(20-9)14-12(17)6-3-7-13(14)18-15(16)19/h3-4,6-7,9,11H,2,5,8H2,1H3,(H,18,19)/t9-,11?,16-/m1/s1. The van der Waals surface area contributed by atoms with E-state index in [-0.39, 0.29) is 17.9 Å². The van der Waals surface area contributed by atoms with Crippen LogP contribution in [0.2, 0.25) is 0 Å². The third kappa shape index (κ3) is 1.46. The Kier molecular flexibility index (Phi) is 2.63. The van der Waals surface area contributed by atoms with Gasteiger partial charge in [-0.15, -0.1) is 0 Å². The van der Waals surface area contributed by atoms with Crippen LogP contribution in [0.3, 0.4) is 0 Å². The summed E-state index contributed by atoms with van der Waals surface area (Å²) >= 11 is 3.61. The average Bonchev–Trinajstić information content (AvgIpc) is 2.95. The number of anilines is 1. The topological polar surface area (TPSA) is 38.3 Å². The highest BCUT2D eigenvalue weighted by Crippen LogP contribution is 2.56. The number of amides is 1. The number of carbonyl (C=O) groups is 1. The van der Waals surface area contributed by atoms with Gasteiger partial charge < -0.3 is 10.1 Å². The van der Waals surface area contributed by atoms with Crippen molar-refractivity contribution < 1.29 is 9.53 Å². The number of carbonyl (C=O) groups excluding carboxylic acids is 1. The first-order valence-corrected chi connectivity index (χ1v) is 7.89. The predicted molar refractivity (Wildman–Crippen MR) is 80.4 cm³/mol. The van der Waals surface area contributed by atoms with Crippen LogP contribution in [0.1, 0.15) is 31.7 Å². The van der Waals surface area contributed by atoms with Crippen LogP contribution in [0.5, 0.6) is 0 Å². The van der Waals surface area contributed by atoms with Crippen LogP contribution in [0.15, 0.2) is 34.3 Å².